The SMILES string of the molecule is C=CC.CC.CCCCC[C@@H](C(C)=O)C(C)C(N)=O. The Hall–Kier alpha value is -1.12. The van der Waals surface area contributed by atoms with Gasteiger partial charge in [-0.2, -0.15) is 0 Å². The molecule has 0 saturated carbocycles. The van der Waals surface area contributed by atoms with Crippen molar-refractivity contribution in [1.29, 1.82) is 0 Å². The molecule has 0 fully saturated rings. The average molecular weight is 271 g/mol. The number of carbonyl (C=O) groups excluding carboxylic acids is 2. The quantitative estimate of drug-likeness (QED) is 0.559. The van der Waals surface area contributed by atoms with Crippen LogP contribution in [0.1, 0.15) is 67.2 Å². The van der Waals surface area contributed by atoms with E-state index in [4.69, 9.17) is 5.73 Å². The highest BCUT2D eigenvalue weighted by atomic mass is 16.1. The molecule has 19 heavy (non-hydrogen) atoms. The number of unbranched alkanes of at least 4 members (excludes halogenated alkanes) is 2. The molecule has 0 bridgehead atoms. The van der Waals surface area contributed by atoms with Crippen molar-refractivity contribution >= 4 is 11.7 Å². The molecule has 1 amide bonds. The molecule has 0 saturated heterocycles. The molecule has 0 aromatic heterocycles. The van der Waals surface area contributed by atoms with Gasteiger partial charge < -0.3 is 5.73 Å². The summed E-state index contributed by atoms with van der Waals surface area (Å²) in [6.07, 6.45) is 5.76. The van der Waals surface area contributed by atoms with E-state index >= 15 is 0 Å². The smallest absolute Gasteiger partial charge is 0.220 e. The summed E-state index contributed by atoms with van der Waals surface area (Å²) in [6, 6.07) is 0. The van der Waals surface area contributed by atoms with Crippen LogP contribution in [0.2, 0.25) is 0 Å². The van der Waals surface area contributed by atoms with Gasteiger partial charge in [-0.1, -0.05) is 53.0 Å². The monoisotopic (exact) mass is 271 g/mol. The number of nitrogens with two attached hydrogens (primary N) is 1. The molecule has 0 aromatic carbocycles. The zero-order valence-electron chi connectivity index (χ0n) is 13.7. The van der Waals surface area contributed by atoms with Crippen LogP contribution in [0.15, 0.2) is 12.7 Å². The summed E-state index contributed by atoms with van der Waals surface area (Å²) in [4.78, 5) is 22.2. The number of rotatable bonds is 7. The maximum atomic E-state index is 11.3. The molecule has 114 valence electrons. The number of carbonyl (C=O) groups is 2. The fourth-order valence-electron chi connectivity index (χ4n) is 1.62. The molecule has 0 aliphatic carbocycles. The zero-order chi connectivity index (χ0) is 15.8. The van der Waals surface area contributed by atoms with E-state index in [-0.39, 0.29) is 23.5 Å². The Kier molecular flexibility index (Phi) is 20.4. The third kappa shape index (κ3) is 14.8. The van der Waals surface area contributed by atoms with Gasteiger partial charge in [0.05, 0.1) is 0 Å². The van der Waals surface area contributed by atoms with Crippen LogP contribution in [0.4, 0.5) is 0 Å². The van der Waals surface area contributed by atoms with Gasteiger partial charge in [0.15, 0.2) is 0 Å². The number of primary amides is 1. The van der Waals surface area contributed by atoms with Gasteiger partial charge >= 0.3 is 0 Å². The van der Waals surface area contributed by atoms with E-state index in [1.54, 1.807) is 13.0 Å². The Morgan fingerprint density at radius 2 is 1.68 bits per heavy atom. The molecule has 0 rings (SSSR count). The Balaban J connectivity index is -0.000000445. The molecule has 0 aliphatic heterocycles. The first-order valence-corrected chi connectivity index (χ1v) is 7.29. The van der Waals surface area contributed by atoms with Crippen LogP contribution in [0.3, 0.4) is 0 Å². The normalized spacial score (nSPS) is 11.9. The maximum Gasteiger partial charge on any atom is 0.220 e. The second-order valence-corrected chi connectivity index (χ2v) is 4.31. The van der Waals surface area contributed by atoms with Gasteiger partial charge in [-0.25, -0.2) is 0 Å². The second kappa shape index (κ2) is 16.9. The van der Waals surface area contributed by atoms with E-state index in [0.717, 1.165) is 25.7 Å². The van der Waals surface area contributed by atoms with Gasteiger partial charge in [-0.15, -0.1) is 6.58 Å². The van der Waals surface area contributed by atoms with Crippen molar-refractivity contribution < 1.29 is 9.59 Å². The highest BCUT2D eigenvalue weighted by molar-refractivity contribution is 5.86. The molecule has 0 radical (unpaired) electrons. The number of allylic oxidation sites excluding steroid dienone is 1. The third-order valence-electron chi connectivity index (χ3n) is 2.69. The van der Waals surface area contributed by atoms with E-state index in [0.29, 0.717) is 0 Å². The van der Waals surface area contributed by atoms with Gasteiger partial charge in [-0.3, -0.25) is 9.59 Å². The maximum absolute atomic E-state index is 11.3. The van der Waals surface area contributed by atoms with E-state index in [9.17, 15) is 9.59 Å². The lowest BCUT2D eigenvalue weighted by Crippen LogP contribution is -2.31. The predicted octanol–water partition coefficient (Wildman–Crippen LogP) is 4.11. The molecule has 3 heteroatoms. The molecule has 1 unspecified atom stereocenters. The minimum Gasteiger partial charge on any atom is -0.369 e. The predicted molar refractivity (Wildman–Crippen MR) is 83.9 cm³/mol. The summed E-state index contributed by atoms with van der Waals surface area (Å²) in [5.74, 6) is -0.808. The molecule has 0 aliphatic rings. The lowest BCUT2D eigenvalue weighted by atomic mass is 9.85. The summed E-state index contributed by atoms with van der Waals surface area (Å²) < 4.78 is 0. The van der Waals surface area contributed by atoms with Crippen LogP contribution >= 0.6 is 0 Å². The van der Waals surface area contributed by atoms with Gasteiger partial charge in [0.2, 0.25) is 5.91 Å². The van der Waals surface area contributed by atoms with E-state index in [1.807, 2.05) is 20.8 Å². The second-order valence-electron chi connectivity index (χ2n) is 4.31. The number of ketones is 1. The first kappa shape index (κ1) is 23.0. The summed E-state index contributed by atoms with van der Waals surface area (Å²) in [5, 5.41) is 0. The molecule has 0 aromatic rings. The van der Waals surface area contributed by atoms with E-state index < -0.39 is 0 Å². The fraction of sp³-hybridized carbons (Fsp3) is 0.750. The largest absolute Gasteiger partial charge is 0.369 e. The van der Waals surface area contributed by atoms with Gasteiger partial charge in [-0.05, 0) is 20.3 Å². The van der Waals surface area contributed by atoms with Crippen molar-refractivity contribution in [2.24, 2.45) is 17.6 Å². The van der Waals surface area contributed by atoms with Gasteiger partial charge in [0.25, 0.3) is 0 Å². The number of Topliss-reactive ketones (excluding diaryl/α,β-unsaturated/α-hetero) is 1. The lowest BCUT2D eigenvalue weighted by molar-refractivity contribution is -0.130. The highest BCUT2D eigenvalue weighted by Crippen LogP contribution is 2.19. The molecule has 2 N–H and O–H groups in total. The number of hydrogen-bond donors (Lipinski definition) is 1. The van der Waals surface area contributed by atoms with Gasteiger partial charge in [0, 0.05) is 11.8 Å². The molecular formula is C16H33NO2. The van der Waals surface area contributed by atoms with Gasteiger partial charge in [0.1, 0.15) is 5.78 Å². The van der Waals surface area contributed by atoms with Crippen LogP contribution in [-0.4, -0.2) is 11.7 Å². The van der Waals surface area contributed by atoms with Crippen molar-refractivity contribution in [3.63, 3.8) is 0 Å². The zero-order valence-corrected chi connectivity index (χ0v) is 13.7. The average Bonchev–Trinajstić information content (AvgIpc) is 2.37. The van der Waals surface area contributed by atoms with Crippen molar-refractivity contribution in [3.05, 3.63) is 12.7 Å². The van der Waals surface area contributed by atoms with Crippen LogP contribution < -0.4 is 5.73 Å². The molecular weight excluding hydrogens is 238 g/mol. The van der Waals surface area contributed by atoms with E-state index in [2.05, 4.69) is 13.5 Å². The van der Waals surface area contributed by atoms with Crippen LogP contribution in [0, 0.1) is 11.8 Å². The van der Waals surface area contributed by atoms with Crippen molar-refractivity contribution in [1.82, 2.24) is 0 Å². The number of hydrogen-bond acceptors (Lipinski definition) is 2. The third-order valence-corrected chi connectivity index (χ3v) is 2.69. The fourth-order valence-corrected chi connectivity index (χ4v) is 1.62. The Labute approximate surface area is 119 Å². The van der Waals surface area contributed by atoms with Crippen LogP contribution in [0.5, 0.6) is 0 Å². The first-order valence-electron chi connectivity index (χ1n) is 7.29. The van der Waals surface area contributed by atoms with Crippen LogP contribution in [-0.2, 0) is 9.59 Å². The van der Waals surface area contributed by atoms with Crippen molar-refractivity contribution in [2.75, 3.05) is 0 Å². The first-order chi connectivity index (χ1) is 8.92. The minimum atomic E-state index is -0.373. The lowest BCUT2D eigenvalue weighted by Gasteiger charge is -2.18. The summed E-state index contributed by atoms with van der Waals surface area (Å²) in [6.45, 7) is 14.6. The Morgan fingerprint density at radius 3 is 1.95 bits per heavy atom. The summed E-state index contributed by atoms with van der Waals surface area (Å²) in [5.41, 5.74) is 5.19. The Bertz CT molecular complexity index is 237. The molecule has 0 heterocycles. The van der Waals surface area contributed by atoms with Crippen molar-refractivity contribution in [3.8, 4) is 0 Å². The standard InChI is InChI=1S/C11H21NO2.C3H6.C2H6/c1-4-5-6-7-10(9(3)13)8(2)11(12)14;1-3-2;1-2/h8,10H,4-7H2,1-3H3,(H2,12,14);3H,1H2,2H3;1-2H3/t8?,10-;;/m1../s1. The summed E-state index contributed by atoms with van der Waals surface area (Å²) in [7, 11) is 0. The van der Waals surface area contributed by atoms with E-state index in [1.165, 1.54) is 6.92 Å². The minimum absolute atomic E-state index is 0.0763. The summed E-state index contributed by atoms with van der Waals surface area (Å²) >= 11 is 0. The number of amides is 1. The van der Waals surface area contributed by atoms with Crippen LogP contribution in [0.25, 0.3) is 0 Å². The molecule has 0 spiro atoms. The highest BCUT2D eigenvalue weighted by Gasteiger charge is 2.25. The van der Waals surface area contributed by atoms with Crippen molar-refractivity contribution in [2.45, 2.75) is 67.2 Å². The molecule has 2 atom stereocenters. The molecule has 3 nitrogen and oxygen atoms in total. The Morgan fingerprint density at radius 1 is 1.26 bits per heavy atom. The topological polar surface area (TPSA) is 60.2 Å².